The lowest BCUT2D eigenvalue weighted by molar-refractivity contribution is -0.123. The van der Waals surface area contributed by atoms with Gasteiger partial charge in [0.15, 0.2) is 0 Å². The molecule has 0 aliphatic carbocycles. The third-order valence-electron chi connectivity index (χ3n) is 3.64. The lowest BCUT2D eigenvalue weighted by atomic mass is 10.1. The van der Waals surface area contributed by atoms with Gasteiger partial charge in [-0.3, -0.25) is 4.79 Å². The predicted molar refractivity (Wildman–Crippen MR) is 90.4 cm³/mol. The zero-order valence-electron chi connectivity index (χ0n) is 13.9. The second-order valence-corrected chi connectivity index (χ2v) is 7.58. The number of nitrogens with one attached hydrogen (secondary N) is 2. The Balaban J connectivity index is 1.88. The molecule has 2 rings (SSSR count). The fraction of sp³-hybridized carbons (Fsp3) is 0.500. The summed E-state index contributed by atoms with van der Waals surface area (Å²) in [7, 11) is -3.31. The smallest absolute Gasteiger partial charge is 0.221 e. The van der Waals surface area contributed by atoms with Crippen LogP contribution in [-0.4, -0.2) is 52.5 Å². The molecule has 136 valence electrons. The van der Waals surface area contributed by atoms with E-state index in [2.05, 4.69) is 10.0 Å². The fourth-order valence-corrected chi connectivity index (χ4v) is 2.88. The number of hydrogen-bond donors (Lipinski definition) is 2. The maximum absolute atomic E-state index is 12.0. The number of benzene rings is 1. The highest BCUT2D eigenvalue weighted by atomic mass is 32.2. The van der Waals surface area contributed by atoms with Gasteiger partial charge in [-0.2, -0.15) is 5.26 Å². The molecule has 8 nitrogen and oxygen atoms in total. The van der Waals surface area contributed by atoms with Crippen molar-refractivity contribution in [1.82, 2.24) is 10.0 Å². The Bertz CT molecular complexity index is 727. The third kappa shape index (κ3) is 6.70. The van der Waals surface area contributed by atoms with Crippen LogP contribution in [-0.2, 0) is 19.6 Å². The van der Waals surface area contributed by atoms with E-state index in [0.29, 0.717) is 30.9 Å². The van der Waals surface area contributed by atoms with Crippen molar-refractivity contribution in [3.05, 3.63) is 29.8 Å². The molecule has 0 radical (unpaired) electrons. The van der Waals surface area contributed by atoms with Crippen LogP contribution in [0.5, 0.6) is 5.75 Å². The van der Waals surface area contributed by atoms with Crippen molar-refractivity contribution in [2.45, 2.75) is 25.0 Å². The summed E-state index contributed by atoms with van der Waals surface area (Å²) in [6.07, 6.45) is 1.35. The second kappa shape index (κ2) is 8.80. The first-order chi connectivity index (χ1) is 11.9. The van der Waals surface area contributed by atoms with Crippen LogP contribution >= 0.6 is 0 Å². The molecule has 2 atom stereocenters. The highest BCUT2D eigenvalue weighted by molar-refractivity contribution is 7.88. The first-order valence-electron chi connectivity index (χ1n) is 7.86. The van der Waals surface area contributed by atoms with Crippen molar-refractivity contribution >= 4 is 15.9 Å². The van der Waals surface area contributed by atoms with Crippen LogP contribution in [0, 0.1) is 11.3 Å². The Kier molecular flexibility index (Phi) is 6.75. The number of nitriles is 1. The van der Waals surface area contributed by atoms with Gasteiger partial charge < -0.3 is 14.8 Å². The number of ether oxygens (including phenoxy) is 2. The molecule has 0 unspecified atom stereocenters. The minimum atomic E-state index is -3.31. The van der Waals surface area contributed by atoms with Crippen LogP contribution in [0.15, 0.2) is 24.3 Å². The predicted octanol–water partition coefficient (Wildman–Crippen LogP) is 0.150. The van der Waals surface area contributed by atoms with E-state index in [9.17, 15) is 13.2 Å². The molecule has 1 saturated heterocycles. The van der Waals surface area contributed by atoms with Gasteiger partial charge in [-0.05, 0) is 30.7 Å². The van der Waals surface area contributed by atoms with Gasteiger partial charge in [0.2, 0.25) is 15.9 Å². The summed E-state index contributed by atoms with van der Waals surface area (Å²) in [5, 5.41) is 11.7. The minimum Gasteiger partial charge on any atom is -0.486 e. The molecule has 0 saturated carbocycles. The summed E-state index contributed by atoms with van der Waals surface area (Å²) in [5.74, 6) is 0.337. The van der Waals surface area contributed by atoms with Crippen molar-refractivity contribution in [1.29, 1.82) is 5.26 Å². The zero-order chi connectivity index (χ0) is 18.3. The molecular formula is C16H21N3O5S. The average Bonchev–Trinajstić information content (AvgIpc) is 2.56. The first kappa shape index (κ1) is 19.2. The lowest BCUT2D eigenvalue weighted by Gasteiger charge is -2.32. The summed E-state index contributed by atoms with van der Waals surface area (Å²) in [4.78, 5) is 12.0. The summed E-state index contributed by atoms with van der Waals surface area (Å²) < 4.78 is 35.6. The maximum atomic E-state index is 12.0. The zero-order valence-corrected chi connectivity index (χ0v) is 14.7. The van der Waals surface area contributed by atoms with Crippen LogP contribution < -0.4 is 14.8 Å². The number of sulfonamides is 1. The number of carbonyl (C=O) groups is 1. The van der Waals surface area contributed by atoms with Gasteiger partial charge >= 0.3 is 0 Å². The Morgan fingerprint density at radius 3 is 2.76 bits per heavy atom. The molecule has 1 heterocycles. The second-order valence-electron chi connectivity index (χ2n) is 5.75. The molecule has 0 spiro atoms. The first-order valence-corrected chi connectivity index (χ1v) is 9.75. The highest BCUT2D eigenvalue weighted by Gasteiger charge is 2.28. The van der Waals surface area contributed by atoms with Crippen LogP contribution in [0.3, 0.4) is 0 Å². The van der Waals surface area contributed by atoms with Gasteiger partial charge in [0.05, 0.1) is 30.5 Å². The molecule has 9 heteroatoms. The van der Waals surface area contributed by atoms with E-state index in [-0.39, 0.29) is 31.0 Å². The average molecular weight is 367 g/mol. The van der Waals surface area contributed by atoms with E-state index in [4.69, 9.17) is 14.7 Å². The molecule has 1 aliphatic heterocycles. The van der Waals surface area contributed by atoms with E-state index in [1.165, 1.54) is 0 Å². The Labute approximate surface area is 147 Å². The number of amides is 1. The molecular weight excluding hydrogens is 346 g/mol. The summed E-state index contributed by atoms with van der Waals surface area (Å²) in [6, 6.07) is 8.52. The molecule has 1 amide bonds. The van der Waals surface area contributed by atoms with Gasteiger partial charge in [-0.25, -0.2) is 13.1 Å². The van der Waals surface area contributed by atoms with Crippen molar-refractivity contribution in [2.24, 2.45) is 0 Å². The molecule has 25 heavy (non-hydrogen) atoms. The molecule has 1 aromatic rings. The largest absolute Gasteiger partial charge is 0.486 e. The molecule has 1 aliphatic rings. The Morgan fingerprint density at radius 1 is 1.40 bits per heavy atom. The van der Waals surface area contributed by atoms with Gasteiger partial charge in [0.1, 0.15) is 11.9 Å². The maximum Gasteiger partial charge on any atom is 0.221 e. The van der Waals surface area contributed by atoms with Crippen LogP contribution in [0.2, 0.25) is 0 Å². The van der Waals surface area contributed by atoms with E-state index < -0.39 is 10.0 Å². The van der Waals surface area contributed by atoms with Crippen LogP contribution in [0.1, 0.15) is 18.4 Å². The Morgan fingerprint density at radius 2 is 2.12 bits per heavy atom. The van der Waals surface area contributed by atoms with Crippen LogP contribution in [0.25, 0.3) is 0 Å². The highest BCUT2D eigenvalue weighted by Crippen LogP contribution is 2.18. The van der Waals surface area contributed by atoms with E-state index >= 15 is 0 Å². The van der Waals surface area contributed by atoms with Crippen molar-refractivity contribution in [3.8, 4) is 11.8 Å². The molecule has 0 aromatic heterocycles. The fourth-order valence-electron chi connectivity index (χ4n) is 2.40. The summed E-state index contributed by atoms with van der Waals surface area (Å²) >= 11 is 0. The van der Waals surface area contributed by atoms with E-state index in [0.717, 1.165) is 6.26 Å². The molecule has 1 aromatic carbocycles. The van der Waals surface area contributed by atoms with Crippen molar-refractivity contribution in [3.63, 3.8) is 0 Å². The Hall–Kier alpha value is -2.15. The van der Waals surface area contributed by atoms with Crippen LogP contribution in [0.4, 0.5) is 0 Å². The van der Waals surface area contributed by atoms with Gasteiger partial charge in [-0.15, -0.1) is 0 Å². The minimum absolute atomic E-state index is 0.0496. The number of hydrogen-bond acceptors (Lipinski definition) is 6. The molecule has 2 N–H and O–H groups in total. The number of nitrogens with zero attached hydrogens (tertiary/aromatic N) is 1. The molecule has 0 bridgehead atoms. The lowest BCUT2D eigenvalue weighted by Crippen LogP contribution is -2.51. The molecule has 1 fully saturated rings. The summed E-state index contributed by atoms with van der Waals surface area (Å²) in [6.45, 7) is 0.904. The number of rotatable bonds is 7. The van der Waals surface area contributed by atoms with E-state index in [1.807, 2.05) is 6.07 Å². The van der Waals surface area contributed by atoms with Crippen molar-refractivity contribution < 1.29 is 22.7 Å². The van der Waals surface area contributed by atoms with Gasteiger partial charge in [-0.1, -0.05) is 0 Å². The van der Waals surface area contributed by atoms with Gasteiger partial charge in [0, 0.05) is 19.6 Å². The normalized spacial score (nSPS) is 20.5. The number of carbonyl (C=O) groups excluding carboxylic acids is 1. The van der Waals surface area contributed by atoms with Crippen molar-refractivity contribution in [2.75, 3.05) is 26.0 Å². The SMILES string of the molecule is CS(=O)(=O)NCCC(=O)N[C@@H]1CCOC[C@H]1Oc1ccc(C#N)cc1. The topological polar surface area (TPSA) is 118 Å². The van der Waals surface area contributed by atoms with Gasteiger partial charge in [0.25, 0.3) is 0 Å². The quantitative estimate of drug-likeness (QED) is 0.708. The standard InChI is InChI=1S/C16H21N3O5S/c1-25(21,22)18-8-6-16(20)19-14-7-9-23-11-15(14)24-13-4-2-12(10-17)3-5-13/h2-5,14-15,18H,6-9,11H2,1H3,(H,19,20)/t14-,15-/m1/s1. The monoisotopic (exact) mass is 367 g/mol. The summed E-state index contributed by atoms with van der Waals surface area (Å²) in [5.41, 5.74) is 0.537. The van der Waals surface area contributed by atoms with E-state index in [1.54, 1.807) is 24.3 Å². The third-order valence-corrected chi connectivity index (χ3v) is 4.37.